The summed E-state index contributed by atoms with van der Waals surface area (Å²) < 4.78 is 11.6. The fourth-order valence-corrected chi connectivity index (χ4v) is 4.97. The maximum Gasteiger partial charge on any atom is 0.226 e. The molecule has 0 aliphatic carbocycles. The van der Waals surface area contributed by atoms with Crippen LogP contribution in [0.15, 0.2) is 66.9 Å². The van der Waals surface area contributed by atoms with Crippen LogP contribution in [0.4, 0.5) is 0 Å². The maximum absolute atomic E-state index is 11.1. The lowest BCUT2D eigenvalue weighted by molar-refractivity contribution is -0.0254. The highest BCUT2D eigenvalue weighted by molar-refractivity contribution is 6.30. The van der Waals surface area contributed by atoms with E-state index in [4.69, 9.17) is 21.1 Å². The summed E-state index contributed by atoms with van der Waals surface area (Å²) in [5.74, 6) is 2.28. The zero-order chi connectivity index (χ0) is 23.5. The minimum Gasteiger partial charge on any atom is -0.497 e. The molecule has 1 aromatic heterocycles. The van der Waals surface area contributed by atoms with Crippen LogP contribution in [0, 0.1) is 0 Å². The number of nitrogens with zero attached hydrogens (tertiary/aromatic N) is 2. The third-order valence-electron chi connectivity index (χ3n) is 6.87. The van der Waals surface area contributed by atoms with E-state index in [2.05, 4.69) is 22.0 Å². The van der Waals surface area contributed by atoms with Gasteiger partial charge in [-0.1, -0.05) is 29.8 Å². The van der Waals surface area contributed by atoms with Gasteiger partial charge in [0.25, 0.3) is 0 Å². The van der Waals surface area contributed by atoms with Gasteiger partial charge in [0.15, 0.2) is 0 Å². The first-order valence-electron chi connectivity index (χ1n) is 11.7. The SMILES string of the molecule is COc1ccc2c(c1)CC(=CCCN1CCC(O)(c3ccc(Cl)cc3)CC1)c1cccnc1O2. The predicted octanol–water partition coefficient (Wildman–Crippen LogP) is 5.85. The highest BCUT2D eigenvalue weighted by atomic mass is 35.5. The number of halogens is 1. The molecule has 6 heteroatoms. The average Bonchev–Trinajstić information content (AvgIpc) is 3.01. The minimum atomic E-state index is -0.772. The maximum atomic E-state index is 11.1. The molecule has 0 unspecified atom stereocenters. The molecule has 0 atom stereocenters. The van der Waals surface area contributed by atoms with Crippen LogP contribution in [-0.2, 0) is 12.0 Å². The molecular formula is C28H29ClN2O3. The van der Waals surface area contributed by atoms with Crippen molar-refractivity contribution in [2.24, 2.45) is 0 Å². The Balaban J connectivity index is 1.27. The van der Waals surface area contributed by atoms with Crippen LogP contribution >= 0.6 is 11.6 Å². The second-order valence-electron chi connectivity index (χ2n) is 9.01. The van der Waals surface area contributed by atoms with Gasteiger partial charge >= 0.3 is 0 Å². The number of aliphatic hydroxyl groups is 1. The lowest BCUT2D eigenvalue weighted by atomic mass is 9.84. The Labute approximate surface area is 205 Å². The Hall–Kier alpha value is -2.86. The summed E-state index contributed by atoms with van der Waals surface area (Å²) >= 11 is 6.01. The molecule has 5 rings (SSSR count). The Bertz CT molecular complexity index is 1180. The van der Waals surface area contributed by atoms with Crippen molar-refractivity contribution in [2.75, 3.05) is 26.7 Å². The second kappa shape index (κ2) is 9.79. The lowest BCUT2D eigenvalue weighted by Gasteiger charge is -2.38. The van der Waals surface area contributed by atoms with Gasteiger partial charge in [-0.2, -0.15) is 0 Å². The van der Waals surface area contributed by atoms with Gasteiger partial charge in [0.2, 0.25) is 5.88 Å². The molecule has 5 nitrogen and oxygen atoms in total. The van der Waals surface area contributed by atoms with Crippen molar-refractivity contribution in [1.29, 1.82) is 0 Å². The van der Waals surface area contributed by atoms with Gasteiger partial charge in [-0.25, -0.2) is 4.98 Å². The molecule has 2 aromatic carbocycles. The molecule has 1 N–H and O–H groups in total. The van der Waals surface area contributed by atoms with E-state index >= 15 is 0 Å². The molecule has 2 aliphatic rings. The summed E-state index contributed by atoms with van der Waals surface area (Å²) in [6.07, 6.45) is 7.20. The van der Waals surface area contributed by atoms with Gasteiger partial charge < -0.3 is 19.5 Å². The van der Waals surface area contributed by atoms with E-state index < -0.39 is 5.60 Å². The number of pyridine rings is 1. The Morgan fingerprint density at radius 3 is 2.71 bits per heavy atom. The first kappa shape index (κ1) is 22.9. The largest absolute Gasteiger partial charge is 0.497 e. The lowest BCUT2D eigenvalue weighted by Crippen LogP contribution is -2.42. The number of rotatable bonds is 5. The first-order chi connectivity index (χ1) is 16.5. The van der Waals surface area contributed by atoms with Gasteiger partial charge in [0.05, 0.1) is 12.7 Å². The van der Waals surface area contributed by atoms with Crippen LogP contribution in [-0.4, -0.2) is 41.7 Å². The summed E-state index contributed by atoms with van der Waals surface area (Å²) in [5.41, 5.74) is 3.52. The van der Waals surface area contributed by atoms with Crippen LogP contribution in [0.2, 0.25) is 5.02 Å². The molecule has 2 aliphatic heterocycles. The molecule has 34 heavy (non-hydrogen) atoms. The summed E-state index contributed by atoms with van der Waals surface area (Å²) in [7, 11) is 1.68. The number of allylic oxidation sites excluding steroid dienone is 1. The Morgan fingerprint density at radius 2 is 1.94 bits per heavy atom. The number of aromatic nitrogens is 1. The minimum absolute atomic E-state index is 0.642. The number of hydrogen-bond donors (Lipinski definition) is 1. The quantitative estimate of drug-likeness (QED) is 0.500. The molecular weight excluding hydrogens is 448 g/mol. The van der Waals surface area contributed by atoms with Crippen LogP contribution in [0.5, 0.6) is 17.4 Å². The number of ether oxygens (including phenoxy) is 2. The monoisotopic (exact) mass is 476 g/mol. The fourth-order valence-electron chi connectivity index (χ4n) is 4.84. The number of piperidine rings is 1. The van der Waals surface area contributed by atoms with E-state index in [0.717, 1.165) is 73.5 Å². The van der Waals surface area contributed by atoms with Crippen LogP contribution in [0.25, 0.3) is 5.57 Å². The molecule has 0 bridgehead atoms. The molecule has 176 valence electrons. The van der Waals surface area contributed by atoms with Crippen LogP contribution in [0.3, 0.4) is 0 Å². The van der Waals surface area contributed by atoms with Gasteiger partial charge in [0.1, 0.15) is 11.5 Å². The zero-order valence-electron chi connectivity index (χ0n) is 19.3. The van der Waals surface area contributed by atoms with Crippen molar-refractivity contribution >= 4 is 17.2 Å². The molecule has 0 saturated carbocycles. The Morgan fingerprint density at radius 1 is 1.15 bits per heavy atom. The van der Waals surface area contributed by atoms with Crippen LogP contribution in [0.1, 0.15) is 36.0 Å². The third-order valence-corrected chi connectivity index (χ3v) is 7.13. The van der Waals surface area contributed by atoms with Crippen molar-refractivity contribution < 1.29 is 14.6 Å². The van der Waals surface area contributed by atoms with Crippen LogP contribution < -0.4 is 9.47 Å². The van der Waals surface area contributed by atoms with E-state index in [1.165, 1.54) is 5.57 Å². The summed E-state index contributed by atoms with van der Waals surface area (Å²) in [6, 6.07) is 17.5. The smallest absolute Gasteiger partial charge is 0.226 e. The third kappa shape index (κ3) is 4.83. The van der Waals surface area contributed by atoms with E-state index in [9.17, 15) is 5.11 Å². The average molecular weight is 477 g/mol. The Kier molecular flexibility index (Phi) is 6.59. The van der Waals surface area contributed by atoms with E-state index in [1.807, 2.05) is 48.5 Å². The molecule has 3 aromatic rings. The second-order valence-corrected chi connectivity index (χ2v) is 9.44. The van der Waals surface area contributed by atoms with E-state index in [-0.39, 0.29) is 0 Å². The number of likely N-dealkylation sites (tertiary alicyclic amines) is 1. The topological polar surface area (TPSA) is 54.8 Å². The first-order valence-corrected chi connectivity index (χ1v) is 12.1. The highest BCUT2D eigenvalue weighted by Gasteiger charge is 2.33. The molecule has 0 radical (unpaired) electrons. The standard InChI is InChI=1S/C28H29ClN2O3/c1-33-24-10-11-26-21(19-24)18-20(25-5-2-14-30-27(25)34-26)4-3-15-31-16-12-28(32,13-17-31)22-6-8-23(29)9-7-22/h2,4-11,14,19,32H,3,12-13,15-18H2,1H3. The fraction of sp³-hybridized carbons (Fsp3) is 0.321. The van der Waals surface area contributed by atoms with Crippen molar-refractivity contribution in [1.82, 2.24) is 9.88 Å². The van der Waals surface area contributed by atoms with Gasteiger partial charge in [-0.15, -0.1) is 0 Å². The predicted molar refractivity (Wildman–Crippen MR) is 135 cm³/mol. The molecule has 1 fully saturated rings. The van der Waals surface area contributed by atoms with E-state index in [1.54, 1.807) is 13.3 Å². The number of methoxy groups -OCH3 is 1. The van der Waals surface area contributed by atoms with Crippen molar-refractivity contribution in [2.45, 2.75) is 31.3 Å². The summed E-state index contributed by atoms with van der Waals surface area (Å²) in [4.78, 5) is 6.90. The number of hydrogen-bond acceptors (Lipinski definition) is 5. The summed E-state index contributed by atoms with van der Waals surface area (Å²) in [5, 5.41) is 11.8. The molecule has 0 spiro atoms. The van der Waals surface area contributed by atoms with Gasteiger partial charge in [-0.05, 0) is 72.9 Å². The molecule has 1 saturated heterocycles. The van der Waals surface area contributed by atoms with Crippen molar-refractivity contribution in [3.05, 3.63) is 88.6 Å². The van der Waals surface area contributed by atoms with Gasteiger partial charge in [-0.3, -0.25) is 0 Å². The number of fused-ring (bicyclic) bond motifs is 2. The normalized spacial score (nSPS) is 18.5. The molecule has 3 heterocycles. The van der Waals surface area contributed by atoms with E-state index in [0.29, 0.717) is 10.9 Å². The summed E-state index contributed by atoms with van der Waals surface area (Å²) in [6.45, 7) is 2.68. The number of benzene rings is 2. The highest BCUT2D eigenvalue weighted by Crippen LogP contribution is 2.39. The zero-order valence-corrected chi connectivity index (χ0v) is 20.1. The van der Waals surface area contributed by atoms with Gasteiger partial charge in [0, 0.05) is 48.4 Å². The molecule has 0 amide bonds. The van der Waals surface area contributed by atoms with Crippen molar-refractivity contribution in [3.8, 4) is 17.4 Å². The van der Waals surface area contributed by atoms with Crippen molar-refractivity contribution in [3.63, 3.8) is 0 Å².